The van der Waals surface area contributed by atoms with Crippen molar-refractivity contribution >= 4 is 5.97 Å². The van der Waals surface area contributed by atoms with Crippen molar-refractivity contribution in [2.75, 3.05) is 7.11 Å². The van der Waals surface area contributed by atoms with Crippen LogP contribution in [0.15, 0.2) is 15.5 Å². The van der Waals surface area contributed by atoms with Gasteiger partial charge in [0.2, 0.25) is 0 Å². The van der Waals surface area contributed by atoms with Gasteiger partial charge in [-0.3, -0.25) is 0 Å². The summed E-state index contributed by atoms with van der Waals surface area (Å²) in [6.45, 7) is 0. The largest absolute Gasteiger partial charge is 0.465 e. The Bertz CT molecular complexity index is 284. The summed E-state index contributed by atoms with van der Waals surface area (Å²) >= 11 is 0. The number of hydrogen-bond acceptors (Lipinski definition) is 4. The SMILES string of the molecule is COC(=O)c1c[nH]oc1=O. The number of esters is 1. The highest BCUT2D eigenvalue weighted by atomic mass is 16.5. The molecule has 5 nitrogen and oxygen atoms in total. The zero-order valence-corrected chi connectivity index (χ0v) is 5.21. The van der Waals surface area contributed by atoms with Gasteiger partial charge in [-0.15, -0.1) is 0 Å². The second kappa shape index (κ2) is 2.38. The minimum atomic E-state index is -0.716. The topological polar surface area (TPSA) is 72.3 Å². The van der Waals surface area contributed by atoms with Gasteiger partial charge >= 0.3 is 11.6 Å². The summed E-state index contributed by atoms with van der Waals surface area (Å²) in [5.74, 6) is -0.699. The smallest absolute Gasteiger partial charge is 0.371 e. The van der Waals surface area contributed by atoms with E-state index in [-0.39, 0.29) is 5.56 Å². The van der Waals surface area contributed by atoms with Crippen LogP contribution in [0, 0.1) is 0 Å². The lowest BCUT2D eigenvalue weighted by Gasteiger charge is -1.88. The molecule has 0 saturated carbocycles. The van der Waals surface area contributed by atoms with Crippen molar-refractivity contribution in [3.8, 4) is 0 Å². The summed E-state index contributed by atoms with van der Waals surface area (Å²) in [5.41, 5.74) is -0.839. The van der Waals surface area contributed by atoms with E-state index >= 15 is 0 Å². The molecule has 0 radical (unpaired) electrons. The molecule has 0 atom stereocenters. The van der Waals surface area contributed by atoms with Crippen molar-refractivity contribution in [3.05, 3.63) is 22.2 Å². The zero-order valence-electron chi connectivity index (χ0n) is 5.21. The molecule has 0 aromatic carbocycles. The van der Waals surface area contributed by atoms with Gasteiger partial charge in [-0.2, -0.15) is 0 Å². The summed E-state index contributed by atoms with van der Waals surface area (Å²) in [7, 11) is 1.19. The van der Waals surface area contributed by atoms with Crippen LogP contribution in [0.2, 0.25) is 0 Å². The van der Waals surface area contributed by atoms with Gasteiger partial charge in [0.1, 0.15) is 0 Å². The van der Waals surface area contributed by atoms with Crippen LogP contribution in [0.3, 0.4) is 0 Å². The average Bonchev–Trinajstić information content (AvgIpc) is 2.34. The van der Waals surface area contributed by atoms with Gasteiger partial charge in [-0.05, 0) is 0 Å². The fourth-order valence-electron chi connectivity index (χ4n) is 0.508. The first kappa shape index (κ1) is 6.60. The number of carbonyl (C=O) groups excluding carboxylic acids is 1. The van der Waals surface area contributed by atoms with Gasteiger partial charge in [0, 0.05) is 0 Å². The lowest BCUT2D eigenvalue weighted by atomic mass is 10.4. The molecule has 1 aromatic rings. The molecule has 0 aliphatic heterocycles. The maximum atomic E-state index is 10.6. The minimum Gasteiger partial charge on any atom is -0.465 e. The monoisotopic (exact) mass is 143 g/mol. The number of H-pyrrole nitrogens is 1. The van der Waals surface area contributed by atoms with Crippen LogP contribution in [0.4, 0.5) is 0 Å². The molecule has 0 amide bonds. The van der Waals surface area contributed by atoms with Crippen LogP contribution >= 0.6 is 0 Å². The summed E-state index contributed by atoms with van der Waals surface area (Å²) in [6, 6.07) is 0. The Morgan fingerprint density at radius 1 is 1.80 bits per heavy atom. The van der Waals surface area contributed by atoms with Gasteiger partial charge < -0.3 is 9.26 Å². The molecule has 0 saturated heterocycles. The molecule has 10 heavy (non-hydrogen) atoms. The van der Waals surface area contributed by atoms with E-state index in [4.69, 9.17) is 0 Å². The summed E-state index contributed by atoms with van der Waals surface area (Å²) in [4.78, 5) is 21.1. The van der Waals surface area contributed by atoms with Crippen molar-refractivity contribution < 1.29 is 14.1 Å². The number of aromatic amines is 1. The van der Waals surface area contributed by atoms with Gasteiger partial charge in [0.25, 0.3) is 0 Å². The summed E-state index contributed by atoms with van der Waals surface area (Å²) in [5, 5.41) is 2.12. The minimum absolute atomic E-state index is 0.123. The van der Waals surface area contributed by atoms with Crippen LogP contribution in [-0.4, -0.2) is 18.2 Å². The molecule has 0 fully saturated rings. The third-order valence-corrected chi connectivity index (χ3v) is 0.980. The second-order valence-electron chi connectivity index (χ2n) is 1.56. The third-order valence-electron chi connectivity index (χ3n) is 0.980. The number of aromatic nitrogens is 1. The summed E-state index contributed by atoms with van der Waals surface area (Å²) in [6.07, 6.45) is 1.15. The highest BCUT2D eigenvalue weighted by molar-refractivity contribution is 5.88. The quantitative estimate of drug-likeness (QED) is 0.550. The van der Waals surface area contributed by atoms with Gasteiger partial charge in [0.05, 0.1) is 13.3 Å². The molecule has 5 heteroatoms. The first-order valence-electron chi connectivity index (χ1n) is 2.51. The standard InChI is InChI=1S/C5H5NO4/c1-9-4(7)3-2-6-10-5(3)8/h2,6H,1H3. The van der Waals surface area contributed by atoms with E-state index in [9.17, 15) is 9.59 Å². The van der Waals surface area contributed by atoms with Gasteiger partial charge in [0.15, 0.2) is 5.56 Å². The molecule has 0 unspecified atom stereocenters. The molecule has 0 aliphatic carbocycles. The van der Waals surface area contributed by atoms with E-state index in [0.29, 0.717) is 0 Å². The molecule has 0 aliphatic rings. The number of rotatable bonds is 1. The molecule has 1 heterocycles. The number of methoxy groups -OCH3 is 1. The Morgan fingerprint density at radius 3 is 2.90 bits per heavy atom. The van der Waals surface area contributed by atoms with E-state index < -0.39 is 11.6 Å². The normalized spacial score (nSPS) is 9.30. The number of ether oxygens (including phenoxy) is 1. The van der Waals surface area contributed by atoms with E-state index in [1.165, 1.54) is 7.11 Å². The molecule has 54 valence electrons. The van der Waals surface area contributed by atoms with E-state index in [2.05, 4.69) is 14.4 Å². The molecule has 1 aromatic heterocycles. The lowest BCUT2D eigenvalue weighted by molar-refractivity contribution is 0.0598. The highest BCUT2D eigenvalue weighted by Crippen LogP contribution is 1.89. The van der Waals surface area contributed by atoms with Crippen molar-refractivity contribution in [3.63, 3.8) is 0 Å². The van der Waals surface area contributed by atoms with Crippen LogP contribution in [0.1, 0.15) is 10.4 Å². The number of hydrogen-bond donors (Lipinski definition) is 1. The number of nitrogens with one attached hydrogen (secondary N) is 1. The van der Waals surface area contributed by atoms with Gasteiger partial charge in [-0.25, -0.2) is 14.7 Å². The van der Waals surface area contributed by atoms with Crippen LogP contribution in [0.25, 0.3) is 0 Å². The fraction of sp³-hybridized carbons (Fsp3) is 0.200. The second-order valence-corrected chi connectivity index (χ2v) is 1.56. The molecule has 1 N–H and O–H groups in total. The highest BCUT2D eigenvalue weighted by Gasteiger charge is 2.11. The molecular weight excluding hydrogens is 138 g/mol. The Labute approximate surface area is 55.6 Å². The first-order chi connectivity index (χ1) is 4.75. The average molecular weight is 143 g/mol. The predicted molar refractivity (Wildman–Crippen MR) is 30.7 cm³/mol. The Kier molecular flexibility index (Phi) is 1.57. The van der Waals surface area contributed by atoms with E-state index in [1.807, 2.05) is 0 Å². The lowest BCUT2D eigenvalue weighted by Crippen LogP contribution is -2.10. The molecular formula is C5H5NO4. The molecule has 1 rings (SSSR count). The maximum Gasteiger partial charge on any atom is 0.371 e. The molecule has 0 spiro atoms. The first-order valence-corrected chi connectivity index (χ1v) is 2.51. The van der Waals surface area contributed by atoms with Crippen molar-refractivity contribution in [2.24, 2.45) is 0 Å². The third kappa shape index (κ3) is 0.928. The Hall–Kier alpha value is -1.52. The zero-order chi connectivity index (χ0) is 7.56. The van der Waals surface area contributed by atoms with Crippen molar-refractivity contribution in [2.45, 2.75) is 0 Å². The predicted octanol–water partition coefficient (Wildman–Crippen LogP) is -0.246. The molecule has 0 bridgehead atoms. The Balaban J connectivity index is 3.05. The fourth-order valence-corrected chi connectivity index (χ4v) is 0.508. The van der Waals surface area contributed by atoms with Crippen molar-refractivity contribution in [1.82, 2.24) is 5.16 Å². The van der Waals surface area contributed by atoms with Crippen molar-refractivity contribution in [1.29, 1.82) is 0 Å². The number of carbonyl (C=O) groups is 1. The maximum absolute atomic E-state index is 10.6. The van der Waals surface area contributed by atoms with Crippen LogP contribution in [-0.2, 0) is 4.74 Å². The van der Waals surface area contributed by atoms with E-state index in [1.54, 1.807) is 0 Å². The van der Waals surface area contributed by atoms with Crippen LogP contribution < -0.4 is 5.63 Å². The van der Waals surface area contributed by atoms with Crippen LogP contribution in [0.5, 0.6) is 0 Å². The van der Waals surface area contributed by atoms with Gasteiger partial charge in [-0.1, -0.05) is 0 Å². The Morgan fingerprint density at radius 2 is 2.50 bits per heavy atom. The van der Waals surface area contributed by atoms with E-state index in [0.717, 1.165) is 6.20 Å². The summed E-state index contributed by atoms with van der Waals surface area (Å²) < 4.78 is 8.46.